The molecular weight excluding hydrogens is 308 g/mol. The molecule has 1 aromatic carbocycles. The molecule has 0 saturated heterocycles. The van der Waals surface area contributed by atoms with E-state index in [0.717, 1.165) is 49.7 Å². The quantitative estimate of drug-likeness (QED) is 0.269. The van der Waals surface area contributed by atoms with Crippen LogP contribution in [0.15, 0.2) is 18.2 Å². The van der Waals surface area contributed by atoms with Crippen LogP contribution in [0.5, 0.6) is 5.75 Å². The van der Waals surface area contributed by atoms with Gasteiger partial charge in [0.1, 0.15) is 5.75 Å². The van der Waals surface area contributed by atoms with Gasteiger partial charge in [0.25, 0.3) is 0 Å². The minimum Gasteiger partial charge on any atom is -0.508 e. The largest absolute Gasteiger partial charge is 0.508 e. The van der Waals surface area contributed by atoms with E-state index in [4.69, 9.17) is 0 Å². The smallest absolute Gasteiger partial charge is 0.162 e. The molecule has 0 radical (unpaired) electrons. The van der Waals surface area contributed by atoms with Gasteiger partial charge < -0.3 is 5.11 Å². The number of unbranched alkanes of at least 4 members (excludes halogenated alkanes) is 10. The zero-order valence-corrected chi connectivity index (χ0v) is 16.5. The predicted octanol–water partition coefficient (Wildman–Crippen LogP) is 7.23. The zero-order valence-electron chi connectivity index (χ0n) is 16.5. The molecule has 0 bridgehead atoms. The molecule has 2 nitrogen and oxygen atoms in total. The van der Waals surface area contributed by atoms with Gasteiger partial charge in [0.15, 0.2) is 5.78 Å². The zero-order chi connectivity index (χ0) is 18.3. The summed E-state index contributed by atoms with van der Waals surface area (Å²) in [6, 6.07) is 5.36. The van der Waals surface area contributed by atoms with Crippen LogP contribution in [0.1, 0.15) is 113 Å². The highest BCUT2D eigenvalue weighted by molar-refractivity contribution is 5.96. The molecule has 0 fully saturated rings. The Morgan fingerprint density at radius 1 is 0.800 bits per heavy atom. The Kier molecular flexibility index (Phi) is 12.1. The number of carbonyl (C=O) groups excluding carboxylic acids is 1. The minimum absolute atomic E-state index is 0.222. The van der Waals surface area contributed by atoms with E-state index in [-0.39, 0.29) is 5.78 Å². The maximum Gasteiger partial charge on any atom is 0.162 e. The molecule has 1 N–H and O–H groups in total. The first-order valence-electron chi connectivity index (χ1n) is 10.5. The number of aromatic hydroxyl groups is 1. The van der Waals surface area contributed by atoms with Gasteiger partial charge in [-0.25, -0.2) is 0 Å². The molecule has 0 aliphatic heterocycles. The van der Waals surface area contributed by atoms with Crippen molar-refractivity contribution in [2.24, 2.45) is 0 Å². The molecule has 0 spiro atoms. The number of benzene rings is 1. The van der Waals surface area contributed by atoms with Crippen LogP contribution in [-0.4, -0.2) is 10.9 Å². The second kappa shape index (κ2) is 13.9. The summed E-state index contributed by atoms with van der Waals surface area (Å²) >= 11 is 0. The SMILES string of the molecule is CCCCCCCCCCCC(=O)c1ccc(O)c(CCCCC)c1. The second-order valence-corrected chi connectivity index (χ2v) is 7.30. The van der Waals surface area contributed by atoms with Crippen LogP contribution in [0, 0.1) is 0 Å². The van der Waals surface area contributed by atoms with E-state index in [2.05, 4.69) is 13.8 Å². The van der Waals surface area contributed by atoms with Crippen LogP contribution in [0.2, 0.25) is 0 Å². The fourth-order valence-corrected chi connectivity index (χ4v) is 3.27. The summed E-state index contributed by atoms with van der Waals surface area (Å²) in [5, 5.41) is 9.96. The van der Waals surface area contributed by atoms with E-state index in [1.807, 2.05) is 6.07 Å². The topological polar surface area (TPSA) is 37.3 Å². The van der Waals surface area contributed by atoms with Crippen LogP contribution in [-0.2, 0) is 6.42 Å². The number of phenolic OH excluding ortho intramolecular Hbond substituents is 1. The number of hydrogen-bond acceptors (Lipinski definition) is 2. The first-order valence-corrected chi connectivity index (χ1v) is 10.5. The highest BCUT2D eigenvalue weighted by Gasteiger charge is 2.09. The Hall–Kier alpha value is -1.31. The lowest BCUT2D eigenvalue weighted by molar-refractivity contribution is 0.0979. The highest BCUT2D eigenvalue weighted by Crippen LogP contribution is 2.22. The number of ketones is 1. The van der Waals surface area contributed by atoms with Crippen LogP contribution in [0.4, 0.5) is 0 Å². The van der Waals surface area contributed by atoms with Gasteiger partial charge in [-0.1, -0.05) is 78.1 Å². The second-order valence-electron chi connectivity index (χ2n) is 7.30. The van der Waals surface area contributed by atoms with E-state index in [1.165, 1.54) is 44.9 Å². The van der Waals surface area contributed by atoms with Crippen LogP contribution >= 0.6 is 0 Å². The molecule has 0 atom stereocenters. The highest BCUT2D eigenvalue weighted by atomic mass is 16.3. The lowest BCUT2D eigenvalue weighted by Crippen LogP contribution is -2.00. The average Bonchev–Trinajstić information content (AvgIpc) is 2.62. The summed E-state index contributed by atoms with van der Waals surface area (Å²) in [4.78, 5) is 12.4. The molecule has 0 aliphatic carbocycles. The van der Waals surface area contributed by atoms with Crippen LogP contribution < -0.4 is 0 Å². The first kappa shape index (κ1) is 21.7. The van der Waals surface area contributed by atoms with E-state index < -0.39 is 0 Å². The monoisotopic (exact) mass is 346 g/mol. The molecule has 142 valence electrons. The van der Waals surface area contributed by atoms with Crippen molar-refractivity contribution in [1.82, 2.24) is 0 Å². The molecule has 0 aromatic heterocycles. The van der Waals surface area contributed by atoms with Crippen LogP contribution in [0.25, 0.3) is 0 Å². The van der Waals surface area contributed by atoms with Crippen molar-refractivity contribution in [1.29, 1.82) is 0 Å². The van der Waals surface area contributed by atoms with Gasteiger partial charge in [-0.05, 0) is 43.0 Å². The molecule has 25 heavy (non-hydrogen) atoms. The number of hydrogen-bond donors (Lipinski definition) is 1. The molecule has 2 heteroatoms. The van der Waals surface area contributed by atoms with Crippen molar-refractivity contribution < 1.29 is 9.90 Å². The molecular formula is C23H38O2. The van der Waals surface area contributed by atoms with E-state index >= 15 is 0 Å². The third-order valence-electron chi connectivity index (χ3n) is 4.96. The van der Waals surface area contributed by atoms with E-state index in [0.29, 0.717) is 12.2 Å². The molecule has 0 heterocycles. The van der Waals surface area contributed by atoms with Gasteiger partial charge in [-0.15, -0.1) is 0 Å². The number of Topliss-reactive ketones (excluding diaryl/α,β-unsaturated/α-hetero) is 1. The van der Waals surface area contributed by atoms with Gasteiger partial charge in [0.2, 0.25) is 0 Å². The summed E-state index contributed by atoms with van der Waals surface area (Å²) in [6.45, 7) is 4.42. The molecule has 0 unspecified atom stereocenters. The molecule has 1 aromatic rings. The van der Waals surface area contributed by atoms with Crippen molar-refractivity contribution in [2.75, 3.05) is 0 Å². The minimum atomic E-state index is 0.222. The van der Waals surface area contributed by atoms with Crippen LogP contribution in [0.3, 0.4) is 0 Å². The van der Waals surface area contributed by atoms with Gasteiger partial charge in [-0.2, -0.15) is 0 Å². The van der Waals surface area contributed by atoms with Crippen molar-refractivity contribution in [3.8, 4) is 5.75 Å². The number of carbonyl (C=O) groups is 1. The molecule has 0 aliphatic rings. The molecule has 1 rings (SSSR count). The third kappa shape index (κ3) is 9.67. The predicted molar refractivity (Wildman–Crippen MR) is 108 cm³/mol. The lowest BCUT2D eigenvalue weighted by atomic mass is 9.98. The Morgan fingerprint density at radius 2 is 1.36 bits per heavy atom. The summed E-state index contributed by atoms with van der Waals surface area (Å²) in [7, 11) is 0. The van der Waals surface area contributed by atoms with Gasteiger partial charge in [0, 0.05) is 12.0 Å². The Labute approximate surface area is 155 Å². The number of rotatable bonds is 15. The van der Waals surface area contributed by atoms with Gasteiger partial charge >= 0.3 is 0 Å². The van der Waals surface area contributed by atoms with Crippen molar-refractivity contribution in [2.45, 2.75) is 104 Å². The fourth-order valence-electron chi connectivity index (χ4n) is 3.27. The summed E-state index contributed by atoms with van der Waals surface area (Å²) < 4.78 is 0. The number of phenols is 1. The van der Waals surface area contributed by atoms with Crippen molar-refractivity contribution >= 4 is 5.78 Å². The summed E-state index contributed by atoms with van der Waals surface area (Å²) in [6.07, 6.45) is 16.3. The maximum atomic E-state index is 12.4. The normalized spacial score (nSPS) is 11.0. The first-order chi connectivity index (χ1) is 12.2. The Balaban J connectivity index is 2.24. The Bertz CT molecular complexity index is 479. The standard InChI is InChI=1S/C23H38O2/c1-3-5-7-8-9-10-11-12-14-16-22(24)21-17-18-23(25)20(19-21)15-13-6-4-2/h17-19,25H,3-16H2,1-2H3. The Morgan fingerprint density at radius 3 is 2.00 bits per heavy atom. The maximum absolute atomic E-state index is 12.4. The molecule has 0 amide bonds. The lowest BCUT2D eigenvalue weighted by Gasteiger charge is -2.07. The molecule has 0 saturated carbocycles. The van der Waals surface area contributed by atoms with Crippen molar-refractivity contribution in [3.05, 3.63) is 29.3 Å². The van der Waals surface area contributed by atoms with Crippen molar-refractivity contribution in [3.63, 3.8) is 0 Å². The number of aryl methyl sites for hydroxylation is 1. The van der Waals surface area contributed by atoms with Gasteiger partial charge in [0.05, 0.1) is 0 Å². The fraction of sp³-hybridized carbons (Fsp3) is 0.696. The van der Waals surface area contributed by atoms with E-state index in [9.17, 15) is 9.90 Å². The van der Waals surface area contributed by atoms with E-state index in [1.54, 1.807) is 12.1 Å². The summed E-state index contributed by atoms with van der Waals surface area (Å²) in [5.74, 6) is 0.551. The summed E-state index contributed by atoms with van der Waals surface area (Å²) in [5.41, 5.74) is 1.69. The van der Waals surface area contributed by atoms with Gasteiger partial charge in [-0.3, -0.25) is 4.79 Å². The average molecular weight is 347 g/mol. The third-order valence-corrected chi connectivity index (χ3v) is 4.96.